The number of amides is 2. The summed E-state index contributed by atoms with van der Waals surface area (Å²) in [6, 6.07) is 7.83. The van der Waals surface area contributed by atoms with Gasteiger partial charge in [0.05, 0.1) is 18.2 Å². The number of carbonyl (C=O) groups is 2. The van der Waals surface area contributed by atoms with E-state index < -0.39 is 0 Å². The van der Waals surface area contributed by atoms with Crippen molar-refractivity contribution in [2.45, 2.75) is 51.7 Å². The summed E-state index contributed by atoms with van der Waals surface area (Å²) in [7, 11) is 0. The van der Waals surface area contributed by atoms with Crippen molar-refractivity contribution in [3.63, 3.8) is 0 Å². The molecule has 1 N–H and O–H groups in total. The molecule has 0 unspecified atom stereocenters. The smallest absolute Gasteiger partial charge is 0.253 e. The van der Waals surface area contributed by atoms with Gasteiger partial charge in [-0.1, -0.05) is 31.5 Å². The molecule has 3 rings (SSSR count). The van der Waals surface area contributed by atoms with Crippen LogP contribution in [0.3, 0.4) is 0 Å². The molecule has 1 aromatic rings. The number of hydrogen-bond donors (Lipinski definition) is 1. The van der Waals surface area contributed by atoms with Gasteiger partial charge in [0.1, 0.15) is 0 Å². The Morgan fingerprint density at radius 2 is 1.84 bits per heavy atom. The number of aryl methyl sites for hydroxylation is 1. The lowest BCUT2D eigenvalue weighted by atomic mass is 9.87. The van der Waals surface area contributed by atoms with Gasteiger partial charge in [-0.05, 0) is 38.3 Å². The molecular formula is C20H28N2O3. The van der Waals surface area contributed by atoms with E-state index in [4.69, 9.17) is 4.74 Å². The lowest BCUT2D eigenvalue weighted by Crippen LogP contribution is -2.47. The number of carbonyl (C=O) groups excluding carboxylic acids is 2. The van der Waals surface area contributed by atoms with Gasteiger partial charge in [-0.25, -0.2) is 0 Å². The summed E-state index contributed by atoms with van der Waals surface area (Å²) in [5.41, 5.74) is 1.72. The maximum atomic E-state index is 12.6. The largest absolute Gasteiger partial charge is 0.373 e. The zero-order valence-electron chi connectivity index (χ0n) is 15.4. The molecule has 0 saturated carbocycles. The monoisotopic (exact) mass is 344 g/mol. The number of nitrogens with one attached hydrogen (secondary N) is 1. The van der Waals surface area contributed by atoms with Crippen LogP contribution in [0.1, 0.15) is 49.0 Å². The Labute approximate surface area is 149 Å². The van der Waals surface area contributed by atoms with E-state index in [9.17, 15) is 9.59 Å². The van der Waals surface area contributed by atoms with Crippen LogP contribution in [0.4, 0.5) is 0 Å². The Bertz CT molecular complexity index is 631. The van der Waals surface area contributed by atoms with E-state index in [-0.39, 0.29) is 29.4 Å². The van der Waals surface area contributed by atoms with Gasteiger partial charge >= 0.3 is 0 Å². The number of nitrogens with zero attached hydrogens (tertiary/aromatic N) is 1. The maximum absolute atomic E-state index is 12.6. The molecule has 2 aliphatic rings. The van der Waals surface area contributed by atoms with Crippen LogP contribution in [0.2, 0.25) is 0 Å². The lowest BCUT2D eigenvalue weighted by molar-refractivity contribution is -0.124. The summed E-state index contributed by atoms with van der Waals surface area (Å²) in [6.45, 7) is 7.80. The first-order valence-electron chi connectivity index (χ1n) is 9.19. The van der Waals surface area contributed by atoms with Crippen LogP contribution < -0.4 is 5.32 Å². The number of benzene rings is 1. The molecule has 136 valence electrons. The van der Waals surface area contributed by atoms with E-state index >= 15 is 0 Å². The van der Waals surface area contributed by atoms with Gasteiger partial charge in [0, 0.05) is 24.6 Å². The third-order valence-electron chi connectivity index (χ3n) is 5.34. The minimum absolute atomic E-state index is 0.00877. The highest BCUT2D eigenvalue weighted by Crippen LogP contribution is 2.36. The molecule has 2 aliphatic heterocycles. The van der Waals surface area contributed by atoms with Crippen LogP contribution in [-0.4, -0.2) is 48.1 Å². The van der Waals surface area contributed by atoms with Crippen molar-refractivity contribution in [2.75, 3.05) is 19.7 Å². The average Bonchev–Trinajstić information content (AvgIpc) is 2.98. The van der Waals surface area contributed by atoms with Crippen LogP contribution in [0.5, 0.6) is 0 Å². The molecular weight excluding hydrogens is 316 g/mol. The Morgan fingerprint density at radius 1 is 1.20 bits per heavy atom. The molecule has 2 heterocycles. The number of ether oxygens (including phenoxy) is 1. The zero-order valence-corrected chi connectivity index (χ0v) is 15.4. The van der Waals surface area contributed by atoms with Crippen LogP contribution in [0.25, 0.3) is 0 Å². The van der Waals surface area contributed by atoms with Crippen LogP contribution >= 0.6 is 0 Å². The third kappa shape index (κ3) is 4.03. The summed E-state index contributed by atoms with van der Waals surface area (Å²) in [5.74, 6) is 0.167. The van der Waals surface area contributed by atoms with Gasteiger partial charge in [-0.2, -0.15) is 0 Å². The molecule has 0 bridgehead atoms. The fourth-order valence-corrected chi connectivity index (χ4v) is 3.65. The van der Waals surface area contributed by atoms with Crippen LogP contribution in [-0.2, 0) is 9.53 Å². The van der Waals surface area contributed by atoms with Crippen molar-refractivity contribution in [1.82, 2.24) is 10.2 Å². The molecule has 25 heavy (non-hydrogen) atoms. The zero-order chi connectivity index (χ0) is 18.0. The van der Waals surface area contributed by atoms with Crippen LogP contribution in [0, 0.1) is 12.8 Å². The first-order valence-corrected chi connectivity index (χ1v) is 9.19. The number of hydrogen-bond acceptors (Lipinski definition) is 3. The van der Waals surface area contributed by atoms with Gasteiger partial charge in [0.25, 0.3) is 5.91 Å². The molecule has 1 atom stereocenters. The SMILES string of the molecule is Cc1ccc(C(=O)N2CCC3(CC2)C[C@@H](NC(=O)C(C)C)CO3)cc1. The van der Waals surface area contributed by atoms with E-state index in [1.54, 1.807) is 0 Å². The first kappa shape index (κ1) is 17.9. The van der Waals surface area contributed by atoms with E-state index in [0.29, 0.717) is 19.7 Å². The van der Waals surface area contributed by atoms with E-state index in [2.05, 4.69) is 5.32 Å². The number of piperidine rings is 1. The standard InChI is InChI=1S/C20H28N2O3/c1-14(2)18(23)21-17-12-20(25-13-17)8-10-22(11-9-20)19(24)16-6-4-15(3)5-7-16/h4-7,14,17H,8-13H2,1-3H3,(H,21,23)/t17-/m1/s1. The third-order valence-corrected chi connectivity index (χ3v) is 5.34. The predicted octanol–water partition coefficient (Wildman–Crippen LogP) is 2.53. The minimum Gasteiger partial charge on any atom is -0.373 e. The molecule has 1 aromatic carbocycles. The molecule has 2 amide bonds. The summed E-state index contributed by atoms with van der Waals surface area (Å²) in [6.07, 6.45) is 2.51. The Morgan fingerprint density at radius 3 is 2.44 bits per heavy atom. The second-order valence-electron chi connectivity index (χ2n) is 7.72. The van der Waals surface area contributed by atoms with Gasteiger partial charge in [0.2, 0.25) is 5.91 Å². The van der Waals surface area contributed by atoms with E-state index in [0.717, 1.165) is 30.4 Å². The Balaban J connectivity index is 1.54. The predicted molar refractivity (Wildman–Crippen MR) is 96.4 cm³/mol. The van der Waals surface area contributed by atoms with Crippen molar-refractivity contribution in [2.24, 2.45) is 5.92 Å². The molecule has 1 spiro atoms. The number of rotatable bonds is 3. The topological polar surface area (TPSA) is 58.6 Å². The quantitative estimate of drug-likeness (QED) is 0.917. The fraction of sp³-hybridized carbons (Fsp3) is 0.600. The average molecular weight is 344 g/mol. The van der Waals surface area contributed by atoms with Crippen molar-refractivity contribution in [3.05, 3.63) is 35.4 Å². The van der Waals surface area contributed by atoms with Gasteiger partial charge in [-0.15, -0.1) is 0 Å². The highest BCUT2D eigenvalue weighted by molar-refractivity contribution is 5.94. The van der Waals surface area contributed by atoms with Crippen molar-refractivity contribution in [1.29, 1.82) is 0 Å². The number of likely N-dealkylation sites (tertiary alicyclic amines) is 1. The second-order valence-corrected chi connectivity index (χ2v) is 7.72. The fourth-order valence-electron chi connectivity index (χ4n) is 3.65. The first-order chi connectivity index (χ1) is 11.9. The lowest BCUT2D eigenvalue weighted by Gasteiger charge is -2.38. The van der Waals surface area contributed by atoms with Crippen molar-refractivity contribution < 1.29 is 14.3 Å². The Kier molecular flexibility index (Phi) is 5.13. The molecule has 0 radical (unpaired) electrons. The summed E-state index contributed by atoms with van der Waals surface area (Å²) in [5, 5.41) is 3.07. The van der Waals surface area contributed by atoms with E-state index in [1.807, 2.05) is 49.9 Å². The second kappa shape index (κ2) is 7.16. The van der Waals surface area contributed by atoms with Gasteiger partial charge in [0.15, 0.2) is 0 Å². The van der Waals surface area contributed by atoms with Gasteiger partial charge in [-0.3, -0.25) is 9.59 Å². The highest BCUT2D eigenvalue weighted by Gasteiger charge is 2.43. The highest BCUT2D eigenvalue weighted by atomic mass is 16.5. The summed E-state index contributed by atoms with van der Waals surface area (Å²) < 4.78 is 6.07. The van der Waals surface area contributed by atoms with Crippen molar-refractivity contribution in [3.8, 4) is 0 Å². The summed E-state index contributed by atoms with van der Waals surface area (Å²) >= 11 is 0. The van der Waals surface area contributed by atoms with Crippen molar-refractivity contribution >= 4 is 11.8 Å². The molecule has 5 nitrogen and oxygen atoms in total. The van der Waals surface area contributed by atoms with Crippen LogP contribution in [0.15, 0.2) is 24.3 Å². The molecule has 5 heteroatoms. The molecule has 0 aliphatic carbocycles. The molecule has 2 saturated heterocycles. The summed E-state index contributed by atoms with van der Waals surface area (Å²) in [4.78, 5) is 26.4. The Hall–Kier alpha value is -1.88. The van der Waals surface area contributed by atoms with Gasteiger partial charge < -0.3 is 15.0 Å². The molecule has 2 fully saturated rings. The van der Waals surface area contributed by atoms with E-state index in [1.165, 1.54) is 0 Å². The molecule has 0 aromatic heterocycles. The minimum atomic E-state index is -0.182. The maximum Gasteiger partial charge on any atom is 0.253 e. The normalized spacial score (nSPS) is 22.4.